The molecule has 0 N–H and O–H groups in total. The average molecular weight is 355 g/mol. The van der Waals surface area contributed by atoms with Crippen LogP contribution in [0, 0.1) is 13.8 Å². The topological polar surface area (TPSA) is 37.6 Å². The number of nitrogens with zero attached hydrogens (tertiary/aromatic N) is 3. The summed E-state index contributed by atoms with van der Waals surface area (Å²) in [5, 5.41) is 5.92. The monoisotopic (exact) mass is 355 g/mol. The molecule has 2 heterocycles. The zero-order valence-corrected chi connectivity index (χ0v) is 15.7. The molecule has 4 nitrogen and oxygen atoms in total. The van der Waals surface area contributed by atoms with Crippen LogP contribution in [0.2, 0.25) is 0 Å². The van der Waals surface area contributed by atoms with Gasteiger partial charge in [0, 0.05) is 17.6 Å². The quantitative estimate of drug-likeness (QED) is 0.616. The molecule has 0 saturated carbocycles. The van der Waals surface area contributed by atoms with E-state index in [2.05, 4.69) is 41.7 Å². The summed E-state index contributed by atoms with van der Waals surface area (Å²) in [6.07, 6.45) is 3.94. The van der Waals surface area contributed by atoms with Crippen molar-refractivity contribution < 1.29 is 4.79 Å². The predicted molar refractivity (Wildman–Crippen MR) is 110 cm³/mol. The molecule has 0 atom stereocenters. The van der Waals surface area contributed by atoms with Gasteiger partial charge < -0.3 is 4.57 Å². The van der Waals surface area contributed by atoms with Gasteiger partial charge in [-0.3, -0.25) is 4.79 Å². The number of hydrogen-bond donors (Lipinski definition) is 0. The molecule has 1 aromatic heterocycles. The molecule has 0 unspecified atom stereocenters. The maximum Gasteiger partial charge on any atom is 0.280 e. The molecule has 0 spiro atoms. The Balaban J connectivity index is 1.73. The summed E-state index contributed by atoms with van der Waals surface area (Å²) in [6, 6.07) is 19.9. The van der Waals surface area contributed by atoms with E-state index in [0.29, 0.717) is 5.57 Å². The summed E-state index contributed by atoms with van der Waals surface area (Å²) in [4.78, 5) is 12.9. The van der Waals surface area contributed by atoms with Gasteiger partial charge in [0.1, 0.15) is 0 Å². The van der Waals surface area contributed by atoms with Crippen LogP contribution in [0.4, 0.5) is 5.69 Å². The number of carbonyl (C=O) groups excluding carboxylic acids is 1. The third kappa shape index (κ3) is 3.10. The van der Waals surface area contributed by atoms with Crippen molar-refractivity contribution in [3.05, 3.63) is 89.3 Å². The van der Waals surface area contributed by atoms with Gasteiger partial charge in [0.05, 0.1) is 17.0 Å². The molecule has 4 heteroatoms. The van der Waals surface area contributed by atoms with E-state index < -0.39 is 0 Å². The molecule has 1 amide bonds. The van der Waals surface area contributed by atoms with Crippen molar-refractivity contribution in [1.82, 2.24) is 4.57 Å². The highest BCUT2D eigenvalue weighted by molar-refractivity contribution is 6.32. The molecule has 0 saturated heterocycles. The molecule has 3 aromatic rings. The first-order valence-corrected chi connectivity index (χ1v) is 8.96. The second kappa shape index (κ2) is 6.72. The second-order valence-electron chi connectivity index (χ2n) is 6.79. The van der Waals surface area contributed by atoms with Crippen LogP contribution in [0.1, 0.15) is 23.7 Å². The summed E-state index contributed by atoms with van der Waals surface area (Å²) in [5.74, 6) is -0.105. The standard InChI is InChI=1S/C23H21N3O/c1-16-11-12-22(17(2)14-16)25-13-7-10-20(25)15-21-18(3)24-26(23(21)27)19-8-5-4-6-9-19/h4-15H,1-3H3/b21-15-. The van der Waals surface area contributed by atoms with Gasteiger partial charge in [0.2, 0.25) is 0 Å². The van der Waals surface area contributed by atoms with E-state index in [4.69, 9.17) is 0 Å². The van der Waals surface area contributed by atoms with Gasteiger partial charge in [-0.25, -0.2) is 0 Å². The van der Waals surface area contributed by atoms with E-state index in [1.54, 1.807) is 0 Å². The summed E-state index contributed by atoms with van der Waals surface area (Å²) in [7, 11) is 0. The first-order chi connectivity index (χ1) is 13.0. The number of carbonyl (C=O) groups is 1. The fourth-order valence-corrected chi connectivity index (χ4v) is 3.38. The Hall–Kier alpha value is -3.40. The molecular formula is C23H21N3O. The number of amides is 1. The molecular weight excluding hydrogens is 334 g/mol. The van der Waals surface area contributed by atoms with Gasteiger partial charge in [0.15, 0.2) is 0 Å². The Labute approximate surface area is 159 Å². The van der Waals surface area contributed by atoms with Crippen LogP contribution >= 0.6 is 0 Å². The fourth-order valence-electron chi connectivity index (χ4n) is 3.38. The highest BCUT2D eigenvalue weighted by Crippen LogP contribution is 2.26. The molecule has 1 aliphatic rings. The molecule has 4 rings (SSSR count). The number of aryl methyl sites for hydroxylation is 2. The number of para-hydroxylation sites is 1. The maximum absolute atomic E-state index is 12.9. The molecule has 0 aliphatic carbocycles. The molecule has 27 heavy (non-hydrogen) atoms. The molecule has 134 valence electrons. The average Bonchev–Trinajstić information content (AvgIpc) is 3.22. The van der Waals surface area contributed by atoms with Gasteiger partial charge >= 0.3 is 0 Å². The van der Waals surface area contributed by atoms with Crippen molar-refractivity contribution in [2.75, 3.05) is 5.01 Å². The Morgan fingerprint density at radius 2 is 1.70 bits per heavy atom. The zero-order chi connectivity index (χ0) is 19.0. The van der Waals surface area contributed by atoms with E-state index >= 15 is 0 Å². The number of rotatable bonds is 3. The van der Waals surface area contributed by atoms with Crippen LogP contribution in [-0.2, 0) is 4.79 Å². The summed E-state index contributed by atoms with van der Waals surface area (Å²) < 4.78 is 2.10. The van der Waals surface area contributed by atoms with E-state index in [9.17, 15) is 4.79 Å². The van der Waals surface area contributed by atoms with Crippen LogP contribution < -0.4 is 5.01 Å². The predicted octanol–water partition coefficient (Wildman–Crippen LogP) is 4.90. The molecule has 2 aromatic carbocycles. The van der Waals surface area contributed by atoms with E-state index in [-0.39, 0.29) is 5.91 Å². The first kappa shape index (κ1) is 17.0. The van der Waals surface area contributed by atoms with Crippen LogP contribution in [-0.4, -0.2) is 16.2 Å². The minimum Gasteiger partial charge on any atom is -0.317 e. The van der Waals surface area contributed by atoms with Gasteiger partial charge in [-0.2, -0.15) is 10.1 Å². The van der Waals surface area contributed by atoms with Crippen LogP contribution in [0.15, 0.2) is 77.5 Å². The van der Waals surface area contributed by atoms with E-state index in [1.165, 1.54) is 16.1 Å². The van der Waals surface area contributed by atoms with Crippen molar-refractivity contribution in [3.63, 3.8) is 0 Å². The lowest BCUT2D eigenvalue weighted by atomic mass is 10.1. The van der Waals surface area contributed by atoms with Crippen LogP contribution in [0.3, 0.4) is 0 Å². The summed E-state index contributed by atoms with van der Waals surface area (Å²) in [5.41, 5.74) is 6.60. The number of benzene rings is 2. The molecule has 1 aliphatic heterocycles. The van der Waals surface area contributed by atoms with Crippen molar-refractivity contribution in [3.8, 4) is 5.69 Å². The van der Waals surface area contributed by atoms with Crippen molar-refractivity contribution in [1.29, 1.82) is 0 Å². The number of aromatic nitrogens is 1. The second-order valence-corrected chi connectivity index (χ2v) is 6.79. The number of hydrogen-bond acceptors (Lipinski definition) is 2. The normalized spacial score (nSPS) is 15.5. The van der Waals surface area contributed by atoms with E-state index in [1.807, 2.05) is 61.7 Å². The van der Waals surface area contributed by atoms with Gasteiger partial charge in [-0.1, -0.05) is 35.9 Å². The Morgan fingerprint density at radius 3 is 2.44 bits per heavy atom. The molecule has 0 radical (unpaired) electrons. The van der Waals surface area contributed by atoms with Crippen molar-refractivity contribution in [2.24, 2.45) is 5.10 Å². The first-order valence-electron chi connectivity index (χ1n) is 8.96. The van der Waals surface area contributed by atoms with Crippen molar-refractivity contribution in [2.45, 2.75) is 20.8 Å². The fraction of sp³-hybridized carbons (Fsp3) is 0.130. The Morgan fingerprint density at radius 1 is 0.926 bits per heavy atom. The van der Waals surface area contributed by atoms with Gasteiger partial charge in [0.25, 0.3) is 5.91 Å². The minimum atomic E-state index is -0.105. The maximum atomic E-state index is 12.9. The third-order valence-corrected chi connectivity index (χ3v) is 4.75. The van der Waals surface area contributed by atoms with Gasteiger partial charge in [-0.05, 0) is 62.7 Å². The lowest BCUT2D eigenvalue weighted by Crippen LogP contribution is -2.21. The smallest absolute Gasteiger partial charge is 0.280 e. The van der Waals surface area contributed by atoms with Crippen LogP contribution in [0.5, 0.6) is 0 Å². The highest BCUT2D eigenvalue weighted by atomic mass is 16.2. The molecule has 0 fully saturated rings. The molecule has 0 bridgehead atoms. The zero-order valence-electron chi connectivity index (χ0n) is 15.7. The number of hydrazone groups is 1. The van der Waals surface area contributed by atoms with Gasteiger partial charge in [-0.15, -0.1) is 0 Å². The Bertz CT molecular complexity index is 1070. The van der Waals surface area contributed by atoms with E-state index in [0.717, 1.165) is 22.8 Å². The SMILES string of the molecule is CC1=NN(c2ccccc2)C(=O)/C1=C\c1cccn1-c1ccc(C)cc1C. The minimum absolute atomic E-state index is 0.105. The number of anilines is 1. The summed E-state index contributed by atoms with van der Waals surface area (Å²) in [6.45, 7) is 6.06. The van der Waals surface area contributed by atoms with Crippen molar-refractivity contribution >= 4 is 23.4 Å². The largest absolute Gasteiger partial charge is 0.317 e. The summed E-state index contributed by atoms with van der Waals surface area (Å²) >= 11 is 0. The third-order valence-electron chi connectivity index (χ3n) is 4.75. The lowest BCUT2D eigenvalue weighted by molar-refractivity contribution is -0.114. The highest BCUT2D eigenvalue weighted by Gasteiger charge is 2.28. The van der Waals surface area contributed by atoms with Crippen LogP contribution in [0.25, 0.3) is 11.8 Å². The Kier molecular flexibility index (Phi) is 4.24. The lowest BCUT2D eigenvalue weighted by Gasteiger charge is -2.12.